The number of carbonyl (C=O) groups is 1. The van der Waals surface area contributed by atoms with Gasteiger partial charge in [-0.25, -0.2) is 0 Å². The first-order valence-electron chi connectivity index (χ1n) is 5.20. The monoisotopic (exact) mass is 252 g/mol. The van der Waals surface area contributed by atoms with Crippen molar-refractivity contribution in [2.75, 3.05) is 40.5 Å². The molecule has 6 heteroatoms. The Kier molecular flexibility index (Phi) is 6.90. The van der Waals surface area contributed by atoms with Crippen LogP contribution in [0.25, 0.3) is 0 Å². The van der Waals surface area contributed by atoms with E-state index in [4.69, 9.17) is 15.2 Å². The number of nitrogens with zero attached hydrogens (tertiary/aromatic N) is 1. The van der Waals surface area contributed by atoms with E-state index < -0.39 is 5.54 Å². The number of amides is 1. The average molecular weight is 253 g/mol. The number of carbonyl (C=O) groups excluding carboxylic acids is 1. The van der Waals surface area contributed by atoms with Crippen molar-refractivity contribution in [1.82, 2.24) is 4.90 Å². The fourth-order valence-electron chi connectivity index (χ4n) is 1.38. The Morgan fingerprint density at radius 3 is 2.00 bits per heavy atom. The number of rotatable bonds is 7. The lowest BCUT2D eigenvalue weighted by atomic mass is 10.2. The molecule has 5 nitrogen and oxygen atoms in total. The van der Waals surface area contributed by atoms with Crippen molar-refractivity contribution in [2.24, 2.45) is 5.73 Å². The van der Waals surface area contributed by atoms with E-state index in [-0.39, 0.29) is 18.3 Å². The number of methoxy groups -OCH3 is 2. The van der Waals surface area contributed by atoms with Crippen LogP contribution in [0.15, 0.2) is 0 Å². The van der Waals surface area contributed by atoms with Crippen LogP contribution in [0.4, 0.5) is 0 Å². The van der Waals surface area contributed by atoms with Gasteiger partial charge in [-0.2, -0.15) is 0 Å². The molecular formula is C10H21ClN2O3. The van der Waals surface area contributed by atoms with Crippen molar-refractivity contribution in [3.05, 3.63) is 0 Å². The number of hydrogen-bond acceptors (Lipinski definition) is 4. The molecule has 1 amide bonds. The molecule has 1 fully saturated rings. The molecule has 2 N–H and O–H groups in total. The lowest BCUT2D eigenvalue weighted by Gasteiger charge is -2.25. The summed E-state index contributed by atoms with van der Waals surface area (Å²) in [4.78, 5) is 13.7. The summed E-state index contributed by atoms with van der Waals surface area (Å²) in [5, 5.41) is 0. The molecule has 0 aromatic heterocycles. The van der Waals surface area contributed by atoms with E-state index in [0.717, 1.165) is 12.8 Å². The van der Waals surface area contributed by atoms with Crippen LogP contribution < -0.4 is 5.73 Å². The minimum atomic E-state index is -0.596. The summed E-state index contributed by atoms with van der Waals surface area (Å²) in [5.41, 5.74) is 5.27. The maximum absolute atomic E-state index is 11.9. The lowest BCUT2D eigenvalue weighted by Crippen LogP contribution is -2.48. The summed E-state index contributed by atoms with van der Waals surface area (Å²) in [6.07, 6.45) is 1.59. The minimum absolute atomic E-state index is 0. The van der Waals surface area contributed by atoms with Gasteiger partial charge in [0, 0.05) is 27.3 Å². The summed E-state index contributed by atoms with van der Waals surface area (Å²) < 4.78 is 9.92. The molecule has 1 aliphatic rings. The van der Waals surface area contributed by atoms with Crippen LogP contribution in [-0.2, 0) is 14.3 Å². The summed E-state index contributed by atoms with van der Waals surface area (Å²) >= 11 is 0. The molecule has 0 heterocycles. The predicted octanol–water partition coefficient (Wildman–Crippen LogP) is 0.0209. The summed E-state index contributed by atoms with van der Waals surface area (Å²) in [7, 11) is 3.24. The van der Waals surface area contributed by atoms with Crippen molar-refractivity contribution >= 4 is 18.3 Å². The number of nitrogens with two attached hydrogens (primary N) is 1. The van der Waals surface area contributed by atoms with Crippen LogP contribution in [0.1, 0.15) is 12.8 Å². The third-order valence-corrected chi connectivity index (χ3v) is 2.63. The fourth-order valence-corrected chi connectivity index (χ4v) is 1.38. The van der Waals surface area contributed by atoms with Crippen molar-refractivity contribution in [3.8, 4) is 0 Å². The van der Waals surface area contributed by atoms with Gasteiger partial charge in [-0.15, -0.1) is 12.4 Å². The molecule has 0 unspecified atom stereocenters. The third kappa shape index (κ3) is 4.25. The van der Waals surface area contributed by atoms with Gasteiger partial charge >= 0.3 is 0 Å². The normalized spacial score (nSPS) is 16.4. The molecule has 0 aliphatic heterocycles. The maximum Gasteiger partial charge on any atom is 0.242 e. The smallest absolute Gasteiger partial charge is 0.242 e. The molecule has 1 saturated carbocycles. The van der Waals surface area contributed by atoms with E-state index in [1.165, 1.54) is 0 Å². The predicted molar refractivity (Wildman–Crippen MR) is 63.7 cm³/mol. The minimum Gasteiger partial charge on any atom is -0.383 e. The second-order valence-electron chi connectivity index (χ2n) is 3.93. The van der Waals surface area contributed by atoms with E-state index in [0.29, 0.717) is 26.3 Å². The van der Waals surface area contributed by atoms with Crippen molar-refractivity contribution in [2.45, 2.75) is 18.4 Å². The number of hydrogen-bond donors (Lipinski definition) is 1. The average Bonchev–Trinajstić information content (AvgIpc) is 2.97. The highest BCUT2D eigenvalue weighted by Crippen LogP contribution is 2.33. The molecule has 0 spiro atoms. The molecule has 1 rings (SSSR count). The Balaban J connectivity index is 0.00000225. The Bertz CT molecular complexity index is 214. The van der Waals surface area contributed by atoms with E-state index in [1.807, 2.05) is 0 Å². The Morgan fingerprint density at radius 2 is 1.69 bits per heavy atom. The van der Waals surface area contributed by atoms with E-state index >= 15 is 0 Å². The Hall–Kier alpha value is -0.360. The van der Waals surface area contributed by atoms with Gasteiger partial charge in [0.1, 0.15) is 0 Å². The first-order valence-corrected chi connectivity index (χ1v) is 5.20. The molecule has 0 bridgehead atoms. The first-order chi connectivity index (χ1) is 7.14. The van der Waals surface area contributed by atoms with E-state index in [2.05, 4.69) is 0 Å². The van der Waals surface area contributed by atoms with E-state index in [9.17, 15) is 4.79 Å². The van der Waals surface area contributed by atoms with Gasteiger partial charge in [0.05, 0.1) is 18.8 Å². The molecular weight excluding hydrogens is 232 g/mol. The van der Waals surface area contributed by atoms with Crippen LogP contribution in [0.3, 0.4) is 0 Å². The van der Waals surface area contributed by atoms with Crippen LogP contribution in [0, 0.1) is 0 Å². The highest BCUT2D eigenvalue weighted by molar-refractivity contribution is 5.89. The van der Waals surface area contributed by atoms with Crippen molar-refractivity contribution < 1.29 is 14.3 Å². The standard InChI is InChI=1S/C10H20N2O3.ClH/c1-14-7-5-12(6-8-15-2)9(13)10(11)3-4-10;/h3-8,11H2,1-2H3;1H. The lowest BCUT2D eigenvalue weighted by molar-refractivity contribution is -0.134. The molecule has 1 aliphatic carbocycles. The van der Waals surface area contributed by atoms with Crippen LogP contribution in [-0.4, -0.2) is 56.9 Å². The topological polar surface area (TPSA) is 64.8 Å². The maximum atomic E-state index is 11.9. The van der Waals surface area contributed by atoms with E-state index in [1.54, 1.807) is 19.1 Å². The van der Waals surface area contributed by atoms with Gasteiger partial charge in [0.15, 0.2) is 0 Å². The molecule has 16 heavy (non-hydrogen) atoms. The van der Waals surface area contributed by atoms with Gasteiger partial charge < -0.3 is 20.1 Å². The number of halogens is 1. The van der Waals surface area contributed by atoms with Gasteiger partial charge in [-0.1, -0.05) is 0 Å². The molecule has 0 saturated heterocycles. The third-order valence-electron chi connectivity index (χ3n) is 2.63. The van der Waals surface area contributed by atoms with Crippen LogP contribution >= 0.6 is 12.4 Å². The van der Waals surface area contributed by atoms with Crippen molar-refractivity contribution in [3.63, 3.8) is 0 Å². The van der Waals surface area contributed by atoms with Crippen LogP contribution in [0.5, 0.6) is 0 Å². The Morgan fingerprint density at radius 1 is 1.25 bits per heavy atom. The zero-order valence-electron chi connectivity index (χ0n) is 9.90. The highest BCUT2D eigenvalue weighted by atomic mass is 35.5. The second kappa shape index (κ2) is 7.06. The van der Waals surface area contributed by atoms with Crippen LogP contribution in [0.2, 0.25) is 0 Å². The van der Waals surface area contributed by atoms with Crippen molar-refractivity contribution in [1.29, 1.82) is 0 Å². The van der Waals surface area contributed by atoms with Gasteiger partial charge in [0.2, 0.25) is 5.91 Å². The fraction of sp³-hybridized carbons (Fsp3) is 0.900. The molecule has 0 aromatic rings. The molecule has 0 radical (unpaired) electrons. The zero-order valence-corrected chi connectivity index (χ0v) is 10.7. The highest BCUT2D eigenvalue weighted by Gasteiger charge is 2.47. The SMILES string of the molecule is COCCN(CCOC)C(=O)C1(N)CC1.Cl. The quantitative estimate of drug-likeness (QED) is 0.694. The Labute approximate surface area is 103 Å². The largest absolute Gasteiger partial charge is 0.383 e. The summed E-state index contributed by atoms with van der Waals surface area (Å²) in [6, 6.07) is 0. The first kappa shape index (κ1) is 15.6. The molecule has 0 atom stereocenters. The molecule has 0 aromatic carbocycles. The number of ether oxygens (including phenoxy) is 2. The van der Waals surface area contributed by atoms with Gasteiger partial charge in [-0.3, -0.25) is 4.79 Å². The zero-order chi connectivity index (χ0) is 11.3. The van der Waals surface area contributed by atoms with Gasteiger partial charge in [-0.05, 0) is 12.8 Å². The summed E-state index contributed by atoms with van der Waals surface area (Å²) in [5.74, 6) is 0.0246. The second-order valence-corrected chi connectivity index (χ2v) is 3.93. The molecule has 96 valence electrons. The van der Waals surface area contributed by atoms with Gasteiger partial charge in [0.25, 0.3) is 0 Å². The summed E-state index contributed by atoms with van der Waals surface area (Å²) in [6.45, 7) is 2.23.